The van der Waals surface area contributed by atoms with E-state index < -0.39 is 9.84 Å². The van der Waals surface area contributed by atoms with Gasteiger partial charge in [0, 0.05) is 17.9 Å². The van der Waals surface area contributed by atoms with Crippen LogP contribution in [0.2, 0.25) is 0 Å². The van der Waals surface area contributed by atoms with Gasteiger partial charge in [-0.3, -0.25) is 4.79 Å². The molecule has 5 heteroatoms. The van der Waals surface area contributed by atoms with E-state index >= 15 is 0 Å². The van der Waals surface area contributed by atoms with Gasteiger partial charge in [-0.1, -0.05) is 6.07 Å². The van der Waals surface area contributed by atoms with E-state index in [9.17, 15) is 13.2 Å². The van der Waals surface area contributed by atoms with E-state index in [-0.39, 0.29) is 16.8 Å². The first-order valence-electron chi connectivity index (χ1n) is 5.49. The van der Waals surface area contributed by atoms with E-state index in [1.807, 2.05) is 0 Å². The van der Waals surface area contributed by atoms with E-state index in [0.717, 1.165) is 24.7 Å². The zero-order chi connectivity index (χ0) is 12.6. The largest absolute Gasteiger partial charge is 0.349 e. The van der Waals surface area contributed by atoms with Crippen LogP contribution in [0.4, 0.5) is 0 Å². The first kappa shape index (κ1) is 12.1. The SMILES string of the molecule is Cc1ccc(S(C)(=O)=O)cc1C(=O)NC1CC1. The third-order valence-corrected chi connectivity index (χ3v) is 3.90. The second-order valence-electron chi connectivity index (χ2n) is 4.50. The van der Waals surface area contributed by atoms with Gasteiger partial charge in [0.25, 0.3) is 5.91 Å². The fraction of sp³-hybridized carbons (Fsp3) is 0.417. The third-order valence-electron chi connectivity index (χ3n) is 2.79. The number of rotatable bonds is 3. The van der Waals surface area contributed by atoms with Crippen LogP contribution < -0.4 is 5.32 Å². The van der Waals surface area contributed by atoms with Gasteiger partial charge in [0.1, 0.15) is 0 Å². The first-order valence-corrected chi connectivity index (χ1v) is 7.38. The Morgan fingerprint density at radius 1 is 1.35 bits per heavy atom. The maximum Gasteiger partial charge on any atom is 0.251 e. The molecule has 0 bridgehead atoms. The lowest BCUT2D eigenvalue weighted by Gasteiger charge is -2.08. The topological polar surface area (TPSA) is 63.2 Å². The molecule has 1 aromatic rings. The minimum absolute atomic E-state index is 0.184. The van der Waals surface area contributed by atoms with Gasteiger partial charge in [0.2, 0.25) is 0 Å². The van der Waals surface area contributed by atoms with Gasteiger partial charge in [-0.2, -0.15) is 0 Å². The third kappa shape index (κ3) is 2.85. The highest BCUT2D eigenvalue weighted by molar-refractivity contribution is 7.90. The van der Waals surface area contributed by atoms with Crippen molar-refractivity contribution in [2.24, 2.45) is 0 Å². The number of hydrogen-bond donors (Lipinski definition) is 1. The molecule has 0 aliphatic heterocycles. The first-order chi connectivity index (χ1) is 7.88. The summed E-state index contributed by atoms with van der Waals surface area (Å²) < 4.78 is 22.8. The van der Waals surface area contributed by atoms with Crippen molar-refractivity contribution < 1.29 is 13.2 Å². The predicted molar refractivity (Wildman–Crippen MR) is 64.8 cm³/mol. The summed E-state index contributed by atoms with van der Waals surface area (Å²) in [5.41, 5.74) is 1.23. The van der Waals surface area contributed by atoms with Crippen molar-refractivity contribution in [3.8, 4) is 0 Å². The Morgan fingerprint density at radius 3 is 2.53 bits per heavy atom. The fourth-order valence-electron chi connectivity index (χ4n) is 1.57. The number of aryl methyl sites for hydroxylation is 1. The summed E-state index contributed by atoms with van der Waals surface area (Å²) in [4.78, 5) is 12.1. The van der Waals surface area contributed by atoms with Crippen molar-refractivity contribution in [2.45, 2.75) is 30.7 Å². The monoisotopic (exact) mass is 253 g/mol. The molecule has 1 fully saturated rings. The smallest absolute Gasteiger partial charge is 0.251 e. The fourth-order valence-corrected chi connectivity index (χ4v) is 2.21. The standard InChI is InChI=1S/C12H15NO3S/c1-8-3-6-10(17(2,15)16)7-11(8)12(14)13-9-4-5-9/h3,6-7,9H,4-5H2,1-2H3,(H,13,14). The Hall–Kier alpha value is -1.36. The summed E-state index contributed by atoms with van der Waals surface area (Å²) in [5, 5.41) is 2.86. The maximum absolute atomic E-state index is 11.9. The Balaban J connectivity index is 2.34. The highest BCUT2D eigenvalue weighted by atomic mass is 32.2. The Labute approximate surface area is 101 Å². The number of sulfone groups is 1. The van der Waals surface area contributed by atoms with Crippen LogP contribution in [0.5, 0.6) is 0 Å². The van der Waals surface area contributed by atoms with Crippen LogP contribution >= 0.6 is 0 Å². The molecule has 2 rings (SSSR count). The minimum Gasteiger partial charge on any atom is -0.349 e. The van der Waals surface area contributed by atoms with Crippen molar-refractivity contribution in [3.63, 3.8) is 0 Å². The van der Waals surface area contributed by atoms with Crippen LogP contribution in [0.3, 0.4) is 0 Å². The summed E-state index contributed by atoms with van der Waals surface area (Å²) in [6, 6.07) is 4.91. The van der Waals surface area contributed by atoms with Gasteiger partial charge in [0.15, 0.2) is 9.84 Å². The molecular formula is C12H15NO3S. The molecule has 0 aromatic heterocycles. The summed E-state index contributed by atoms with van der Waals surface area (Å²) in [6.07, 6.45) is 3.16. The van der Waals surface area contributed by atoms with Crippen molar-refractivity contribution >= 4 is 15.7 Å². The number of benzene rings is 1. The van der Waals surface area contributed by atoms with Crippen LogP contribution in [0.15, 0.2) is 23.1 Å². The van der Waals surface area contributed by atoms with Crippen LogP contribution in [0.1, 0.15) is 28.8 Å². The number of carbonyl (C=O) groups excluding carboxylic acids is 1. The molecule has 0 spiro atoms. The van der Waals surface area contributed by atoms with Gasteiger partial charge in [0.05, 0.1) is 4.90 Å². The second-order valence-corrected chi connectivity index (χ2v) is 6.51. The molecule has 0 unspecified atom stereocenters. The van der Waals surface area contributed by atoms with Gasteiger partial charge in [-0.25, -0.2) is 8.42 Å². The zero-order valence-corrected chi connectivity index (χ0v) is 10.7. The zero-order valence-electron chi connectivity index (χ0n) is 9.86. The molecule has 1 N–H and O–H groups in total. The van der Waals surface area contributed by atoms with Crippen LogP contribution in [0.25, 0.3) is 0 Å². The summed E-state index contributed by atoms with van der Waals surface area (Å²) in [5.74, 6) is -0.185. The Bertz CT molecular complexity index is 559. The molecule has 1 aliphatic carbocycles. The van der Waals surface area contributed by atoms with Crippen LogP contribution in [0, 0.1) is 6.92 Å². The van der Waals surface area contributed by atoms with Crippen LogP contribution in [-0.2, 0) is 9.84 Å². The maximum atomic E-state index is 11.9. The molecular weight excluding hydrogens is 238 g/mol. The molecule has 1 amide bonds. The summed E-state index contributed by atoms with van der Waals surface area (Å²) in [7, 11) is -3.27. The van der Waals surface area contributed by atoms with Gasteiger partial charge in [-0.05, 0) is 37.5 Å². The molecule has 1 aliphatic rings. The molecule has 1 saturated carbocycles. The predicted octanol–water partition coefficient (Wildman–Crippen LogP) is 1.29. The highest BCUT2D eigenvalue weighted by Gasteiger charge is 2.24. The number of amides is 1. The average molecular weight is 253 g/mol. The Kier molecular flexibility index (Phi) is 2.95. The molecule has 0 atom stereocenters. The minimum atomic E-state index is -3.27. The molecule has 0 radical (unpaired) electrons. The van der Waals surface area contributed by atoms with Crippen molar-refractivity contribution in [1.29, 1.82) is 0 Å². The second kappa shape index (κ2) is 4.14. The molecule has 0 heterocycles. The highest BCUT2D eigenvalue weighted by Crippen LogP contribution is 2.21. The van der Waals surface area contributed by atoms with E-state index in [0.29, 0.717) is 5.56 Å². The van der Waals surface area contributed by atoms with Crippen molar-refractivity contribution in [1.82, 2.24) is 5.32 Å². The number of carbonyl (C=O) groups is 1. The van der Waals surface area contributed by atoms with E-state index in [4.69, 9.17) is 0 Å². The van der Waals surface area contributed by atoms with Crippen molar-refractivity contribution in [2.75, 3.05) is 6.26 Å². The van der Waals surface area contributed by atoms with Crippen molar-refractivity contribution in [3.05, 3.63) is 29.3 Å². The summed E-state index contributed by atoms with van der Waals surface area (Å²) >= 11 is 0. The van der Waals surface area contributed by atoms with Gasteiger partial charge in [-0.15, -0.1) is 0 Å². The van der Waals surface area contributed by atoms with Gasteiger partial charge < -0.3 is 5.32 Å². The molecule has 1 aromatic carbocycles. The quantitative estimate of drug-likeness (QED) is 0.883. The van der Waals surface area contributed by atoms with E-state index in [1.54, 1.807) is 13.0 Å². The lowest BCUT2D eigenvalue weighted by atomic mass is 10.1. The molecule has 4 nitrogen and oxygen atoms in total. The van der Waals surface area contributed by atoms with Gasteiger partial charge >= 0.3 is 0 Å². The van der Waals surface area contributed by atoms with E-state index in [2.05, 4.69) is 5.32 Å². The van der Waals surface area contributed by atoms with Crippen LogP contribution in [-0.4, -0.2) is 26.6 Å². The molecule has 0 saturated heterocycles. The lowest BCUT2D eigenvalue weighted by Crippen LogP contribution is -2.26. The normalized spacial score (nSPS) is 15.6. The number of hydrogen-bond acceptors (Lipinski definition) is 3. The molecule has 92 valence electrons. The Morgan fingerprint density at radius 2 is 2.00 bits per heavy atom. The lowest BCUT2D eigenvalue weighted by molar-refractivity contribution is 0.0950. The van der Waals surface area contributed by atoms with E-state index in [1.165, 1.54) is 12.1 Å². The average Bonchev–Trinajstić information content (AvgIpc) is 3.00. The molecule has 17 heavy (non-hydrogen) atoms. The summed E-state index contributed by atoms with van der Waals surface area (Å²) in [6.45, 7) is 1.80. The number of nitrogens with one attached hydrogen (secondary N) is 1.